The van der Waals surface area contributed by atoms with E-state index in [2.05, 4.69) is 0 Å². The molecule has 0 aliphatic heterocycles. The van der Waals surface area contributed by atoms with Crippen LogP contribution >= 0.6 is 0 Å². The lowest BCUT2D eigenvalue weighted by atomic mass is 10.1. The smallest absolute Gasteiger partial charge is 0.322 e. The van der Waals surface area contributed by atoms with E-state index >= 15 is 0 Å². The molecule has 2 N–H and O–H groups in total. The van der Waals surface area contributed by atoms with Crippen molar-refractivity contribution in [2.45, 2.75) is 0 Å². The molecule has 17 heavy (non-hydrogen) atoms. The van der Waals surface area contributed by atoms with Crippen LogP contribution < -0.4 is 5.32 Å². The summed E-state index contributed by atoms with van der Waals surface area (Å²) < 4.78 is 14.3. The number of hydrogen-bond acceptors (Lipinski definition) is 2. The molecule has 4 heteroatoms. The second kappa shape index (κ2) is 4.65. The van der Waals surface area contributed by atoms with Crippen LogP contribution in [0.3, 0.4) is 0 Å². The van der Waals surface area contributed by atoms with E-state index in [0.29, 0.717) is 0 Å². The van der Waals surface area contributed by atoms with Crippen molar-refractivity contribution in [3.05, 3.63) is 48.0 Å². The molecule has 0 aliphatic rings. The maximum atomic E-state index is 11.8. The lowest BCUT2D eigenvalue weighted by Crippen LogP contribution is -2.29. The maximum Gasteiger partial charge on any atom is 0.322 e. The SMILES string of the molecule is [2H][13C]([2H])([15NH]C(=O)c1ccc2ccccc2c1)[13C](=O)O. The van der Waals surface area contributed by atoms with Crippen molar-refractivity contribution in [1.82, 2.24) is 5.32 Å². The molecule has 86 valence electrons. The first-order valence-corrected chi connectivity index (χ1v) is 4.95. The normalized spacial score (nSPS) is 12.7. The molecule has 4 nitrogen and oxygen atoms in total. The second-order valence-corrected chi connectivity index (χ2v) is 3.45. The molecule has 0 fully saturated rings. The molecule has 0 radical (unpaired) electrons. The van der Waals surface area contributed by atoms with Gasteiger partial charge < -0.3 is 10.4 Å². The maximum absolute atomic E-state index is 11.8. The Bertz CT molecular complexity index is 655. The highest BCUT2D eigenvalue weighted by atomic mass is 16.5. The fourth-order valence-electron chi connectivity index (χ4n) is 1.51. The predicted molar refractivity (Wildman–Crippen MR) is 63.9 cm³/mol. The first-order valence-electron chi connectivity index (χ1n) is 5.95. The van der Waals surface area contributed by atoms with Crippen molar-refractivity contribution >= 4 is 22.6 Å². The van der Waals surface area contributed by atoms with Crippen LogP contribution in [0.15, 0.2) is 42.5 Å². The molecule has 0 bridgehead atoms. The van der Waals surface area contributed by atoms with E-state index in [1.54, 1.807) is 12.1 Å². The van der Waals surface area contributed by atoms with Crippen molar-refractivity contribution in [2.24, 2.45) is 0 Å². The molecule has 0 aromatic heterocycles. The van der Waals surface area contributed by atoms with Crippen LogP contribution in [-0.4, -0.2) is 23.5 Å². The second-order valence-electron chi connectivity index (χ2n) is 3.45. The zero-order chi connectivity index (χ0) is 14.0. The topological polar surface area (TPSA) is 66.4 Å². The Morgan fingerprint density at radius 1 is 1.18 bits per heavy atom. The van der Waals surface area contributed by atoms with Gasteiger partial charge in [0, 0.05) is 5.56 Å². The summed E-state index contributed by atoms with van der Waals surface area (Å²) in [5, 5.41) is 12.2. The van der Waals surface area contributed by atoms with Crippen LogP contribution in [0.5, 0.6) is 0 Å². The number of rotatable bonds is 3. The Hall–Kier alpha value is -2.36. The third-order valence-corrected chi connectivity index (χ3v) is 2.29. The van der Waals surface area contributed by atoms with Gasteiger partial charge in [0.05, 0.1) is 2.74 Å². The first kappa shape index (κ1) is 8.75. The quantitative estimate of drug-likeness (QED) is 0.627. The van der Waals surface area contributed by atoms with Gasteiger partial charge in [0.25, 0.3) is 5.91 Å². The minimum absolute atomic E-state index is 0.212. The molecule has 0 aliphatic carbocycles. The Balaban J connectivity index is 2.29. The van der Waals surface area contributed by atoms with E-state index in [0.717, 1.165) is 10.8 Å². The van der Waals surface area contributed by atoms with Gasteiger partial charge >= 0.3 is 5.97 Å². The highest BCUT2D eigenvalue weighted by molar-refractivity contribution is 5.99. The number of hydrogen-bond donors (Lipinski definition) is 2. The summed E-state index contributed by atoms with van der Waals surface area (Å²) in [6, 6.07) is 12.2. The molecule has 2 aromatic rings. The number of fused-ring (bicyclic) bond motifs is 1. The van der Waals surface area contributed by atoms with Gasteiger partial charge in [-0.05, 0) is 22.9 Å². The molecule has 0 heterocycles. The third-order valence-electron chi connectivity index (χ3n) is 2.29. The zero-order valence-electron chi connectivity index (χ0n) is 10.8. The van der Waals surface area contributed by atoms with Crippen LogP contribution in [0, 0.1) is 0 Å². The number of nitrogens with one attached hydrogen (secondary N) is 1. The van der Waals surface area contributed by atoms with Crippen LogP contribution in [0.2, 0.25) is 0 Å². The molecular formula is C13H11NO3. The minimum Gasteiger partial charge on any atom is -0.480 e. The van der Waals surface area contributed by atoms with Gasteiger partial charge in [0.2, 0.25) is 0 Å². The largest absolute Gasteiger partial charge is 0.480 e. The summed E-state index contributed by atoms with van der Waals surface area (Å²) in [6.45, 7) is -2.79. The van der Waals surface area contributed by atoms with Gasteiger partial charge in [0.15, 0.2) is 0 Å². The average molecular weight is 234 g/mol. The van der Waals surface area contributed by atoms with E-state index < -0.39 is 18.4 Å². The summed E-state index contributed by atoms with van der Waals surface area (Å²) in [6.07, 6.45) is 0. The van der Waals surface area contributed by atoms with Crippen LogP contribution in [0.25, 0.3) is 10.8 Å². The fourth-order valence-corrected chi connectivity index (χ4v) is 1.51. The fraction of sp³-hybridized carbons (Fsp3) is 0.0769. The zero-order valence-corrected chi connectivity index (χ0v) is 8.81. The van der Waals surface area contributed by atoms with Gasteiger partial charge in [-0.15, -0.1) is 0 Å². The van der Waals surface area contributed by atoms with Crippen LogP contribution in [-0.2, 0) is 4.79 Å². The number of carbonyl (C=O) groups excluding carboxylic acids is 1. The van der Waals surface area contributed by atoms with E-state index in [-0.39, 0.29) is 5.56 Å². The van der Waals surface area contributed by atoms with Crippen molar-refractivity contribution < 1.29 is 17.4 Å². The van der Waals surface area contributed by atoms with E-state index in [1.807, 2.05) is 29.6 Å². The Kier molecular flexibility index (Phi) is 2.40. The predicted octanol–water partition coefficient (Wildman–Crippen LogP) is 1.65. The lowest BCUT2D eigenvalue weighted by Gasteiger charge is -2.04. The lowest BCUT2D eigenvalue weighted by molar-refractivity contribution is -0.135. The Morgan fingerprint density at radius 3 is 2.59 bits per heavy atom. The number of amides is 1. The van der Waals surface area contributed by atoms with Crippen LogP contribution in [0.1, 0.15) is 13.1 Å². The summed E-state index contributed by atoms with van der Waals surface area (Å²) >= 11 is 0. The van der Waals surface area contributed by atoms with Crippen LogP contribution in [0.4, 0.5) is 0 Å². The van der Waals surface area contributed by atoms with Gasteiger partial charge in [-0.1, -0.05) is 30.3 Å². The summed E-state index contributed by atoms with van der Waals surface area (Å²) in [5.41, 5.74) is 0.212. The molecule has 0 saturated heterocycles. The number of carboxylic acid groups (broad SMARTS) is 1. The van der Waals surface area contributed by atoms with Gasteiger partial charge in [0.1, 0.15) is 6.50 Å². The number of carbonyl (C=O) groups is 2. The molecule has 2 aromatic carbocycles. The number of carboxylic acids is 1. The molecular weight excluding hydrogens is 221 g/mol. The van der Waals surface area contributed by atoms with E-state index in [1.165, 1.54) is 6.07 Å². The number of aliphatic carboxylic acids is 1. The molecule has 0 atom stereocenters. The standard InChI is InChI=1S/C13H11NO3/c15-12(16)8-14-13(17)11-6-5-9-3-1-2-4-10(9)7-11/h1-7H,8H2,(H,14,17)(H,15,16)/i8+1D2,12+1,14+1. The van der Waals surface area contributed by atoms with Gasteiger partial charge in [-0.25, -0.2) is 0 Å². The molecule has 0 saturated carbocycles. The van der Waals surface area contributed by atoms with Crippen molar-refractivity contribution in [1.29, 1.82) is 0 Å². The average Bonchev–Trinajstić information content (AvgIpc) is 2.37. The third kappa shape index (κ3) is 2.60. The Morgan fingerprint density at radius 2 is 1.88 bits per heavy atom. The van der Waals surface area contributed by atoms with Crippen molar-refractivity contribution in [3.8, 4) is 0 Å². The van der Waals surface area contributed by atoms with Crippen molar-refractivity contribution in [2.75, 3.05) is 6.50 Å². The first-order chi connectivity index (χ1) is 8.90. The minimum atomic E-state index is -2.79. The molecule has 0 unspecified atom stereocenters. The van der Waals surface area contributed by atoms with E-state index in [4.69, 9.17) is 7.85 Å². The van der Waals surface area contributed by atoms with Gasteiger partial charge in [-0.3, -0.25) is 9.59 Å². The monoisotopic (exact) mass is 234 g/mol. The molecule has 2 rings (SSSR count). The summed E-state index contributed by atoms with van der Waals surface area (Å²) in [5.74, 6) is -2.50. The summed E-state index contributed by atoms with van der Waals surface area (Å²) in [7, 11) is 0. The summed E-state index contributed by atoms with van der Waals surface area (Å²) in [4.78, 5) is 22.4. The number of benzene rings is 2. The van der Waals surface area contributed by atoms with E-state index in [9.17, 15) is 9.59 Å². The highest BCUT2D eigenvalue weighted by Gasteiger charge is 2.07. The highest BCUT2D eigenvalue weighted by Crippen LogP contribution is 2.15. The Labute approximate surface area is 101 Å². The molecule has 0 spiro atoms. The molecule has 1 amide bonds. The van der Waals surface area contributed by atoms with Crippen molar-refractivity contribution in [3.63, 3.8) is 0 Å². The van der Waals surface area contributed by atoms with Gasteiger partial charge in [-0.2, -0.15) is 0 Å².